The van der Waals surface area contributed by atoms with E-state index in [0.717, 1.165) is 21.3 Å². The van der Waals surface area contributed by atoms with Gasteiger partial charge in [-0.2, -0.15) is 0 Å². The molecule has 0 spiro atoms. The summed E-state index contributed by atoms with van der Waals surface area (Å²) < 4.78 is 9.20. The predicted octanol–water partition coefficient (Wildman–Crippen LogP) is 0.965. The highest BCUT2D eigenvalue weighted by atomic mass is 16.5. The summed E-state index contributed by atoms with van der Waals surface area (Å²) in [5.41, 5.74) is 2.22. The van der Waals surface area contributed by atoms with Crippen LogP contribution < -0.4 is 16.0 Å². The number of carbonyl (C=O) groups excluding carboxylic acids is 1. The van der Waals surface area contributed by atoms with Crippen LogP contribution >= 0.6 is 0 Å². The van der Waals surface area contributed by atoms with Gasteiger partial charge in [0.15, 0.2) is 11.2 Å². The Labute approximate surface area is 149 Å². The number of benzene rings is 1. The van der Waals surface area contributed by atoms with Crippen LogP contribution in [-0.4, -0.2) is 24.7 Å². The molecule has 136 valence electrons. The van der Waals surface area contributed by atoms with Gasteiger partial charge >= 0.3 is 11.7 Å². The quantitative estimate of drug-likeness (QED) is 0.515. The number of rotatable bonds is 3. The molecule has 0 saturated heterocycles. The van der Waals surface area contributed by atoms with E-state index in [4.69, 9.17) is 4.74 Å². The lowest BCUT2D eigenvalue weighted by atomic mass is 10.1. The molecule has 0 fully saturated rings. The summed E-state index contributed by atoms with van der Waals surface area (Å²) in [7, 11) is 2.92. The number of imidazole rings is 1. The first-order chi connectivity index (χ1) is 12.2. The fourth-order valence-electron chi connectivity index (χ4n) is 2.88. The van der Waals surface area contributed by atoms with Crippen LogP contribution in [0.4, 0.5) is 0 Å². The highest BCUT2D eigenvalue weighted by Gasteiger charge is 2.18. The molecular weight excluding hydrogens is 336 g/mol. The van der Waals surface area contributed by atoms with Gasteiger partial charge in [-0.3, -0.25) is 13.9 Å². The van der Waals surface area contributed by atoms with E-state index in [1.165, 1.54) is 29.6 Å². The average molecular weight is 356 g/mol. The lowest BCUT2D eigenvalue weighted by molar-refractivity contribution is -0.135. The summed E-state index contributed by atoms with van der Waals surface area (Å²) >= 11 is 0. The molecule has 8 nitrogen and oxygen atoms in total. The maximum Gasteiger partial charge on any atom is 0.332 e. The lowest BCUT2D eigenvalue weighted by Crippen LogP contribution is -2.37. The van der Waals surface area contributed by atoms with Gasteiger partial charge in [-0.25, -0.2) is 14.6 Å². The zero-order valence-electron chi connectivity index (χ0n) is 15.4. The van der Waals surface area contributed by atoms with Crippen molar-refractivity contribution in [2.45, 2.75) is 27.3 Å². The van der Waals surface area contributed by atoms with E-state index in [0.29, 0.717) is 5.75 Å². The molecule has 3 rings (SSSR count). The Morgan fingerprint density at radius 3 is 2.42 bits per heavy atom. The molecular formula is C18H20N4O4. The van der Waals surface area contributed by atoms with Gasteiger partial charge in [0.25, 0.3) is 5.56 Å². The zero-order valence-corrected chi connectivity index (χ0v) is 15.4. The molecule has 0 saturated carbocycles. The molecule has 0 amide bonds. The molecule has 3 aromatic rings. The standard InChI is InChI=1S/C18H20N4O4/c1-10-6-7-11(2)15(12(10)3)26-13(23)8-22-9-19-16-14(22)17(24)21(5)18(25)20(16)4/h6-7,9H,8H2,1-5H3. The van der Waals surface area contributed by atoms with Gasteiger partial charge in [0.1, 0.15) is 12.3 Å². The van der Waals surface area contributed by atoms with Crippen molar-refractivity contribution in [3.8, 4) is 5.75 Å². The van der Waals surface area contributed by atoms with Crippen LogP contribution in [0.1, 0.15) is 16.7 Å². The maximum absolute atomic E-state index is 12.4. The lowest BCUT2D eigenvalue weighted by Gasteiger charge is -2.13. The first-order valence-corrected chi connectivity index (χ1v) is 8.10. The van der Waals surface area contributed by atoms with Crippen LogP contribution in [0.15, 0.2) is 28.0 Å². The van der Waals surface area contributed by atoms with Crippen LogP contribution in [0.2, 0.25) is 0 Å². The first kappa shape index (κ1) is 17.7. The summed E-state index contributed by atoms with van der Waals surface area (Å²) in [4.78, 5) is 40.9. The van der Waals surface area contributed by atoms with E-state index in [9.17, 15) is 14.4 Å². The molecule has 0 aliphatic carbocycles. The Hall–Kier alpha value is -3.16. The van der Waals surface area contributed by atoms with Crippen LogP contribution in [0.5, 0.6) is 5.75 Å². The largest absolute Gasteiger partial charge is 0.425 e. The summed E-state index contributed by atoms with van der Waals surface area (Å²) in [6.07, 6.45) is 1.36. The molecule has 0 bridgehead atoms. The second-order valence-corrected chi connectivity index (χ2v) is 6.38. The molecule has 0 aliphatic rings. The molecule has 2 heterocycles. The Bertz CT molecular complexity index is 1150. The number of ether oxygens (including phenoxy) is 1. The SMILES string of the molecule is Cc1ccc(C)c(OC(=O)Cn2cnc3c2c(=O)n(C)c(=O)n3C)c1C. The fraction of sp³-hybridized carbons (Fsp3) is 0.333. The molecule has 0 radical (unpaired) electrons. The Kier molecular flexibility index (Phi) is 4.27. The molecule has 8 heteroatoms. The molecule has 2 aromatic heterocycles. The van der Waals surface area contributed by atoms with Gasteiger partial charge in [-0.05, 0) is 37.5 Å². The van der Waals surface area contributed by atoms with Gasteiger partial charge in [0.05, 0.1) is 6.33 Å². The topological polar surface area (TPSA) is 88.1 Å². The van der Waals surface area contributed by atoms with Crippen LogP contribution in [-0.2, 0) is 25.4 Å². The third-order valence-electron chi connectivity index (χ3n) is 4.61. The Morgan fingerprint density at radius 2 is 1.73 bits per heavy atom. The van der Waals surface area contributed by atoms with Crippen molar-refractivity contribution in [3.63, 3.8) is 0 Å². The monoisotopic (exact) mass is 356 g/mol. The molecule has 0 aliphatic heterocycles. The number of nitrogens with zero attached hydrogens (tertiary/aromatic N) is 4. The summed E-state index contributed by atoms with van der Waals surface area (Å²) in [6.45, 7) is 5.52. The highest BCUT2D eigenvalue weighted by Crippen LogP contribution is 2.26. The number of aromatic nitrogens is 4. The first-order valence-electron chi connectivity index (χ1n) is 8.10. The van der Waals surface area contributed by atoms with Crippen molar-refractivity contribution in [1.29, 1.82) is 0 Å². The second-order valence-electron chi connectivity index (χ2n) is 6.38. The van der Waals surface area contributed by atoms with E-state index in [1.807, 2.05) is 32.9 Å². The van der Waals surface area contributed by atoms with Gasteiger partial charge in [-0.1, -0.05) is 12.1 Å². The van der Waals surface area contributed by atoms with Gasteiger partial charge in [0, 0.05) is 14.1 Å². The number of hydrogen-bond acceptors (Lipinski definition) is 5. The smallest absolute Gasteiger partial charge is 0.332 e. The van der Waals surface area contributed by atoms with Crippen molar-refractivity contribution in [2.24, 2.45) is 14.1 Å². The zero-order chi connectivity index (χ0) is 19.2. The van der Waals surface area contributed by atoms with E-state index in [-0.39, 0.29) is 17.7 Å². The van der Waals surface area contributed by atoms with Gasteiger partial charge in [0.2, 0.25) is 0 Å². The number of hydrogen-bond donors (Lipinski definition) is 0. The predicted molar refractivity (Wildman–Crippen MR) is 96.5 cm³/mol. The van der Waals surface area contributed by atoms with Gasteiger partial charge < -0.3 is 9.30 Å². The maximum atomic E-state index is 12.4. The Morgan fingerprint density at radius 1 is 1.08 bits per heavy atom. The Balaban J connectivity index is 1.98. The summed E-state index contributed by atoms with van der Waals surface area (Å²) in [5.74, 6) is 0.0109. The number of esters is 1. The second kappa shape index (κ2) is 6.29. The van der Waals surface area contributed by atoms with Crippen molar-refractivity contribution in [1.82, 2.24) is 18.7 Å². The van der Waals surface area contributed by atoms with E-state index >= 15 is 0 Å². The molecule has 0 N–H and O–H groups in total. The van der Waals surface area contributed by atoms with Crippen LogP contribution in [0, 0.1) is 20.8 Å². The summed E-state index contributed by atoms with van der Waals surface area (Å²) in [5, 5.41) is 0. The summed E-state index contributed by atoms with van der Waals surface area (Å²) in [6, 6.07) is 3.86. The number of carbonyl (C=O) groups is 1. The van der Waals surface area contributed by atoms with Crippen LogP contribution in [0.3, 0.4) is 0 Å². The average Bonchev–Trinajstić information content (AvgIpc) is 3.02. The minimum absolute atomic E-state index is 0.184. The van der Waals surface area contributed by atoms with Crippen molar-refractivity contribution < 1.29 is 9.53 Å². The normalized spacial score (nSPS) is 11.1. The molecule has 26 heavy (non-hydrogen) atoms. The van der Waals surface area contributed by atoms with Crippen molar-refractivity contribution >= 4 is 17.1 Å². The third-order valence-corrected chi connectivity index (χ3v) is 4.61. The highest BCUT2D eigenvalue weighted by molar-refractivity contribution is 5.77. The van der Waals surface area contributed by atoms with Crippen LogP contribution in [0.25, 0.3) is 11.2 Å². The van der Waals surface area contributed by atoms with E-state index in [2.05, 4.69) is 4.98 Å². The number of aryl methyl sites for hydroxylation is 3. The minimum atomic E-state index is -0.517. The van der Waals surface area contributed by atoms with Gasteiger partial charge in [-0.15, -0.1) is 0 Å². The molecule has 0 unspecified atom stereocenters. The molecule has 0 atom stereocenters. The van der Waals surface area contributed by atoms with E-state index in [1.54, 1.807) is 0 Å². The van der Waals surface area contributed by atoms with Crippen molar-refractivity contribution in [2.75, 3.05) is 0 Å². The molecule has 1 aromatic carbocycles. The number of fused-ring (bicyclic) bond motifs is 1. The minimum Gasteiger partial charge on any atom is -0.425 e. The van der Waals surface area contributed by atoms with Crippen molar-refractivity contribution in [3.05, 3.63) is 56.0 Å². The third kappa shape index (κ3) is 2.73. The van der Waals surface area contributed by atoms with E-state index < -0.39 is 17.2 Å². The fourth-order valence-corrected chi connectivity index (χ4v) is 2.88.